The van der Waals surface area contributed by atoms with Crippen molar-refractivity contribution in [3.05, 3.63) is 0 Å². The number of carbonyl (C=O) groups is 2. The van der Waals surface area contributed by atoms with Crippen LogP contribution in [-0.4, -0.2) is 53.7 Å². The van der Waals surface area contributed by atoms with E-state index in [0.717, 1.165) is 6.42 Å². The second kappa shape index (κ2) is 4.51. The maximum Gasteiger partial charge on any atom is 0.326 e. The first-order valence-corrected chi connectivity index (χ1v) is 6.25. The second-order valence-corrected chi connectivity index (χ2v) is 5.59. The van der Waals surface area contributed by atoms with Crippen LogP contribution in [0.25, 0.3) is 0 Å². The Hall–Kier alpha value is -1.14. The van der Waals surface area contributed by atoms with E-state index in [1.807, 2.05) is 6.92 Å². The number of carbonyl (C=O) groups excluding carboxylic acids is 1. The minimum atomic E-state index is -0.940. The van der Waals surface area contributed by atoms with E-state index in [2.05, 4.69) is 0 Å². The van der Waals surface area contributed by atoms with Gasteiger partial charge in [0.2, 0.25) is 5.91 Å². The number of aliphatic carboxylic acids is 1. The number of rotatable bonds is 2. The maximum atomic E-state index is 12.5. The Labute approximate surface area is 106 Å². The average molecular weight is 256 g/mol. The molecule has 6 heteroatoms. The van der Waals surface area contributed by atoms with Crippen molar-refractivity contribution in [1.82, 2.24) is 4.90 Å². The monoisotopic (exact) mass is 256 g/mol. The van der Waals surface area contributed by atoms with Crippen LogP contribution in [-0.2, 0) is 14.3 Å². The number of carboxylic acid groups (broad SMARTS) is 1. The normalized spacial score (nSPS) is 40.2. The van der Waals surface area contributed by atoms with Crippen molar-refractivity contribution in [1.29, 1.82) is 0 Å². The van der Waals surface area contributed by atoms with Gasteiger partial charge in [0.05, 0.1) is 18.6 Å². The molecule has 2 aliphatic rings. The molecule has 0 radical (unpaired) electrons. The van der Waals surface area contributed by atoms with Crippen LogP contribution in [0.1, 0.15) is 20.3 Å². The van der Waals surface area contributed by atoms with Crippen LogP contribution in [0.2, 0.25) is 0 Å². The van der Waals surface area contributed by atoms with Gasteiger partial charge in [-0.05, 0) is 19.3 Å². The minimum Gasteiger partial charge on any atom is -0.480 e. The van der Waals surface area contributed by atoms with Crippen LogP contribution in [0, 0.1) is 11.3 Å². The summed E-state index contributed by atoms with van der Waals surface area (Å²) in [6.07, 6.45) is 0.717. The number of nitrogens with two attached hydrogens (primary N) is 1. The first-order valence-electron chi connectivity index (χ1n) is 6.25. The van der Waals surface area contributed by atoms with Crippen molar-refractivity contribution in [2.24, 2.45) is 17.1 Å². The molecule has 0 spiro atoms. The predicted molar refractivity (Wildman–Crippen MR) is 63.8 cm³/mol. The summed E-state index contributed by atoms with van der Waals surface area (Å²) >= 11 is 0. The average Bonchev–Trinajstić information content (AvgIpc) is 2.83. The molecule has 2 rings (SSSR count). The van der Waals surface area contributed by atoms with Gasteiger partial charge in [-0.3, -0.25) is 4.79 Å². The number of carboxylic acids is 1. The molecule has 0 bridgehead atoms. The number of nitrogens with zero attached hydrogens (tertiary/aromatic N) is 1. The summed E-state index contributed by atoms with van der Waals surface area (Å²) < 4.78 is 5.26. The Bertz CT molecular complexity index is 373. The first kappa shape index (κ1) is 13.3. The quantitative estimate of drug-likeness (QED) is 0.706. The van der Waals surface area contributed by atoms with Crippen molar-refractivity contribution in [2.75, 3.05) is 19.8 Å². The highest BCUT2D eigenvalue weighted by Crippen LogP contribution is 2.34. The third kappa shape index (κ3) is 1.89. The zero-order valence-corrected chi connectivity index (χ0v) is 10.8. The highest BCUT2D eigenvalue weighted by molar-refractivity contribution is 5.89. The van der Waals surface area contributed by atoms with E-state index in [1.165, 1.54) is 4.90 Å². The largest absolute Gasteiger partial charge is 0.480 e. The van der Waals surface area contributed by atoms with Crippen molar-refractivity contribution >= 4 is 11.9 Å². The predicted octanol–water partition coefficient (Wildman–Crippen LogP) is -0.328. The number of amides is 1. The van der Waals surface area contributed by atoms with E-state index in [9.17, 15) is 14.7 Å². The number of ether oxygens (including phenoxy) is 1. The second-order valence-electron chi connectivity index (χ2n) is 5.59. The van der Waals surface area contributed by atoms with E-state index in [1.54, 1.807) is 6.92 Å². The Morgan fingerprint density at radius 3 is 2.67 bits per heavy atom. The lowest BCUT2D eigenvalue weighted by molar-refractivity contribution is -0.154. The van der Waals surface area contributed by atoms with E-state index < -0.39 is 17.4 Å². The molecular formula is C12H20N2O4. The van der Waals surface area contributed by atoms with Gasteiger partial charge in [0.15, 0.2) is 0 Å². The smallest absolute Gasteiger partial charge is 0.326 e. The van der Waals surface area contributed by atoms with Gasteiger partial charge in [0, 0.05) is 12.6 Å². The number of hydrogen-bond donors (Lipinski definition) is 2. The molecule has 4 atom stereocenters. The summed E-state index contributed by atoms with van der Waals surface area (Å²) in [5.74, 6) is -1.15. The fraction of sp³-hybridized carbons (Fsp3) is 0.833. The molecule has 0 aromatic rings. The standard InChI is InChI=1S/C12H20N2O4/c1-7-3-4-14(9(7)10(15)16)11(17)12(2)6-18-5-8(12)13/h7-9H,3-6,13H2,1-2H3,(H,15,16). The van der Waals surface area contributed by atoms with Crippen LogP contribution in [0.4, 0.5) is 0 Å². The Morgan fingerprint density at radius 2 is 2.17 bits per heavy atom. The molecule has 4 unspecified atom stereocenters. The third-order valence-electron chi connectivity index (χ3n) is 4.22. The lowest BCUT2D eigenvalue weighted by Gasteiger charge is -2.33. The van der Waals surface area contributed by atoms with Crippen LogP contribution >= 0.6 is 0 Å². The molecule has 0 aromatic heterocycles. The summed E-state index contributed by atoms with van der Waals surface area (Å²) in [5.41, 5.74) is 5.12. The molecule has 2 saturated heterocycles. The Kier molecular flexibility index (Phi) is 3.33. The lowest BCUT2D eigenvalue weighted by atomic mass is 9.84. The van der Waals surface area contributed by atoms with Crippen molar-refractivity contribution in [3.63, 3.8) is 0 Å². The summed E-state index contributed by atoms with van der Waals surface area (Å²) in [7, 11) is 0. The minimum absolute atomic E-state index is 0.0198. The zero-order valence-electron chi connectivity index (χ0n) is 10.8. The van der Waals surface area contributed by atoms with Crippen LogP contribution in [0.15, 0.2) is 0 Å². The molecule has 0 saturated carbocycles. The molecule has 0 aromatic carbocycles. The van der Waals surface area contributed by atoms with Gasteiger partial charge in [-0.2, -0.15) is 0 Å². The molecule has 102 valence electrons. The maximum absolute atomic E-state index is 12.5. The number of likely N-dealkylation sites (tertiary alicyclic amines) is 1. The molecule has 2 aliphatic heterocycles. The van der Waals surface area contributed by atoms with Crippen molar-refractivity contribution < 1.29 is 19.4 Å². The third-order valence-corrected chi connectivity index (χ3v) is 4.22. The van der Waals surface area contributed by atoms with Crippen LogP contribution in [0.5, 0.6) is 0 Å². The van der Waals surface area contributed by atoms with Gasteiger partial charge in [-0.15, -0.1) is 0 Å². The SMILES string of the molecule is CC1CCN(C(=O)C2(C)COCC2N)C1C(=O)O. The lowest BCUT2D eigenvalue weighted by Crippen LogP contribution is -2.54. The van der Waals surface area contributed by atoms with Gasteiger partial charge < -0.3 is 20.5 Å². The van der Waals surface area contributed by atoms with E-state index in [-0.39, 0.29) is 24.5 Å². The van der Waals surface area contributed by atoms with Gasteiger partial charge in [-0.25, -0.2) is 4.79 Å². The summed E-state index contributed by atoms with van der Waals surface area (Å²) in [6, 6.07) is -1.10. The molecule has 0 aliphatic carbocycles. The Morgan fingerprint density at radius 1 is 1.50 bits per heavy atom. The molecule has 1 amide bonds. The molecule has 2 fully saturated rings. The van der Waals surface area contributed by atoms with E-state index >= 15 is 0 Å². The van der Waals surface area contributed by atoms with Gasteiger partial charge in [0.1, 0.15) is 6.04 Å². The topological polar surface area (TPSA) is 92.9 Å². The molecule has 6 nitrogen and oxygen atoms in total. The van der Waals surface area contributed by atoms with Crippen molar-refractivity contribution in [3.8, 4) is 0 Å². The molecule has 2 heterocycles. The van der Waals surface area contributed by atoms with Gasteiger partial charge >= 0.3 is 5.97 Å². The van der Waals surface area contributed by atoms with E-state index in [4.69, 9.17) is 10.5 Å². The highest BCUT2D eigenvalue weighted by Gasteiger charge is 2.50. The first-order chi connectivity index (χ1) is 8.38. The summed E-state index contributed by atoms with van der Waals surface area (Å²) in [6.45, 7) is 4.72. The van der Waals surface area contributed by atoms with Crippen LogP contribution in [0.3, 0.4) is 0 Å². The number of hydrogen-bond acceptors (Lipinski definition) is 4. The van der Waals surface area contributed by atoms with Gasteiger partial charge in [-0.1, -0.05) is 6.92 Å². The van der Waals surface area contributed by atoms with E-state index in [0.29, 0.717) is 13.2 Å². The molecule has 3 N–H and O–H groups in total. The summed E-state index contributed by atoms with van der Waals surface area (Å²) in [5, 5.41) is 9.24. The fourth-order valence-corrected chi connectivity index (χ4v) is 2.79. The van der Waals surface area contributed by atoms with Crippen LogP contribution < -0.4 is 5.73 Å². The van der Waals surface area contributed by atoms with Crippen molar-refractivity contribution in [2.45, 2.75) is 32.4 Å². The molecule has 18 heavy (non-hydrogen) atoms. The zero-order chi connectivity index (χ0) is 13.5. The Balaban J connectivity index is 2.21. The fourth-order valence-electron chi connectivity index (χ4n) is 2.79. The summed E-state index contributed by atoms with van der Waals surface area (Å²) in [4.78, 5) is 25.3. The highest BCUT2D eigenvalue weighted by atomic mass is 16.5. The van der Waals surface area contributed by atoms with Gasteiger partial charge in [0.25, 0.3) is 0 Å². The molecular weight excluding hydrogens is 236 g/mol.